The van der Waals surface area contributed by atoms with Crippen molar-refractivity contribution in [2.24, 2.45) is 5.92 Å². The summed E-state index contributed by atoms with van der Waals surface area (Å²) in [5.41, 5.74) is 1.63. The molecular weight excluding hydrogens is 310 g/mol. The molecule has 2 unspecified atom stereocenters. The molecule has 1 rings (SSSR count). The van der Waals surface area contributed by atoms with E-state index in [2.05, 4.69) is 80.1 Å². The van der Waals surface area contributed by atoms with Gasteiger partial charge in [-0.15, -0.1) is 0 Å². The number of nitrogens with one attached hydrogen (secondary N) is 1. The Labute approximate surface area is 133 Å². The normalized spacial score (nSPS) is 15.1. The molecule has 20 heavy (non-hydrogen) atoms. The van der Waals surface area contributed by atoms with Gasteiger partial charge in [0.05, 0.1) is 0 Å². The van der Waals surface area contributed by atoms with Crippen molar-refractivity contribution < 1.29 is 0 Å². The molecule has 0 saturated carbocycles. The Morgan fingerprint density at radius 1 is 1.15 bits per heavy atom. The van der Waals surface area contributed by atoms with Crippen LogP contribution in [0.2, 0.25) is 0 Å². The second kappa shape index (κ2) is 8.19. The molecule has 0 amide bonds. The van der Waals surface area contributed by atoms with Crippen molar-refractivity contribution in [1.29, 1.82) is 0 Å². The fraction of sp³-hybridized carbons (Fsp3) is 0.667. The van der Waals surface area contributed by atoms with Gasteiger partial charge in [0.1, 0.15) is 0 Å². The Morgan fingerprint density at radius 2 is 1.75 bits per heavy atom. The second-order valence-corrected chi connectivity index (χ2v) is 7.92. The maximum atomic E-state index is 3.67. The van der Waals surface area contributed by atoms with Gasteiger partial charge < -0.3 is 5.32 Å². The van der Waals surface area contributed by atoms with Crippen LogP contribution < -0.4 is 5.32 Å². The third kappa shape index (κ3) is 6.90. The van der Waals surface area contributed by atoms with Crippen LogP contribution in [0.4, 0.5) is 0 Å². The van der Waals surface area contributed by atoms with Crippen molar-refractivity contribution in [2.75, 3.05) is 6.54 Å². The highest BCUT2D eigenvalue weighted by Crippen LogP contribution is 2.27. The highest BCUT2D eigenvalue weighted by molar-refractivity contribution is 9.10. The van der Waals surface area contributed by atoms with Gasteiger partial charge in [-0.2, -0.15) is 0 Å². The molecule has 2 atom stereocenters. The molecule has 0 bridgehead atoms. The van der Waals surface area contributed by atoms with Crippen molar-refractivity contribution >= 4 is 15.9 Å². The predicted octanol–water partition coefficient (Wildman–Crippen LogP) is 5.75. The van der Waals surface area contributed by atoms with Crippen molar-refractivity contribution in [1.82, 2.24) is 5.32 Å². The quantitative estimate of drug-likeness (QED) is 0.667. The summed E-state index contributed by atoms with van der Waals surface area (Å²) < 4.78 is 1.16. The van der Waals surface area contributed by atoms with Crippen LogP contribution in [0.15, 0.2) is 28.7 Å². The minimum absolute atomic E-state index is 0.182. The minimum atomic E-state index is 0.182. The highest BCUT2D eigenvalue weighted by atomic mass is 79.9. The summed E-state index contributed by atoms with van der Waals surface area (Å²) in [6.45, 7) is 12.4. The molecule has 0 aliphatic rings. The molecule has 1 nitrogen and oxygen atoms in total. The Kier molecular flexibility index (Phi) is 7.25. The molecule has 0 heterocycles. The molecule has 0 saturated heterocycles. The molecule has 2 heteroatoms. The standard InChI is InChI=1S/C18H30BrN/c1-6-7-14(2)12-16(13-20-18(3,4)5)15-8-10-17(19)11-9-15/h8-11,14,16,20H,6-7,12-13H2,1-5H3. The van der Waals surface area contributed by atoms with E-state index in [0.29, 0.717) is 5.92 Å². The Bertz CT molecular complexity index is 377. The van der Waals surface area contributed by atoms with E-state index in [4.69, 9.17) is 0 Å². The number of rotatable bonds is 7. The van der Waals surface area contributed by atoms with Gasteiger partial charge in [0.25, 0.3) is 0 Å². The fourth-order valence-electron chi connectivity index (χ4n) is 2.60. The van der Waals surface area contributed by atoms with E-state index in [9.17, 15) is 0 Å². The van der Waals surface area contributed by atoms with E-state index in [0.717, 1.165) is 16.9 Å². The number of benzene rings is 1. The van der Waals surface area contributed by atoms with Gasteiger partial charge in [-0.05, 0) is 56.7 Å². The molecule has 0 aliphatic carbocycles. The lowest BCUT2D eigenvalue weighted by atomic mass is 9.87. The van der Waals surface area contributed by atoms with E-state index in [1.165, 1.54) is 24.8 Å². The van der Waals surface area contributed by atoms with Gasteiger partial charge in [0.15, 0.2) is 0 Å². The molecule has 0 fully saturated rings. The number of halogens is 1. The fourth-order valence-corrected chi connectivity index (χ4v) is 2.86. The van der Waals surface area contributed by atoms with Crippen LogP contribution in [0.1, 0.15) is 65.4 Å². The molecule has 1 aromatic rings. The molecule has 0 spiro atoms. The smallest absolute Gasteiger partial charge is 0.0175 e. The van der Waals surface area contributed by atoms with Gasteiger partial charge in [-0.1, -0.05) is 54.8 Å². The largest absolute Gasteiger partial charge is 0.311 e. The van der Waals surface area contributed by atoms with Crippen LogP contribution in [0, 0.1) is 5.92 Å². The van der Waals surface area contributed by atoms with Crippen LogP contribution in [-0.4, -0.2) is 12.1 Å². The summed E-state index contributed by atoms with van der Waals surface area (Å²) >= 11 is 3.53. The van der Waals surface area contributed by atoms with E-state index in [1.807, 2.05) is 0 Å². The zero-order valence-electron chi connectivity index (χ0n) is 13.7. The summed E-state index contributed by atoms with van der Waals surface area (Å²) in [5.74, 6) is 1.39. The molecule has 0 radical (unpaired) electrons. The molecular formula is C18H30BrN. The van der Waals surface area contributed by atoms with E-state index < -0.39 is 0 Å². The Balaban J connectivity index is 2.75. The van der Waals surface area contributed by atoms with Crippen LogP contribution in [0.3, 0.4) is 0 Å². The van der Waals surface area contributed by atoms with Crippen molar-refractivity contribution in [2.45, 2.75) is 65.3 Å². The summed E-state index contributed by atoms with van der Waals surface area (Å²) in [6, 6.07) is 8.84. The van der Waals surface area contributed by atoms with Gasteiger partial charge in [-0.3, -0.25) is 0 Å². The van der Waals surface area contributed by atoms with E-state index >= 15 is 0 Å². The first-order chi connectivity index (χ1) is 9.31. The minimum Gasteiger partial charge on any atom is -0.311 e. The van der Waals surface area contributed by atoms with E-state index in [1.54, 1.807) is 0 Å². The lowest BCUT2D eigenvalue weighted by Crippen LogP contribution is -2.38. The van der Waals surface area contributed by atoms with Gasteiger partial charge >= 0.3 is 0 Å². The number of hydrogen-bond donors (Lipinski definition) is 1. The molecule has 1 N–H and O–H groups in total. The Hall–Kier alpha value is -0.340. The van der Waals surface area contributed by atoms with Crippen molar-refractivity contribution in [3.05, 3.63) is 34.3 Å². The first-order valence-corrected chi connectivity index (χ1v) is 8.61. The summed E-state index contributed by atoms with van der Waals surface area (Å²) in [5, 5.41) is 3.67. The maximum Gasteiger partial charge on any atom is 0.0175 e. The first kappa shape index (κ1) is 17.7. The average molecular weight is 340 g/mol. The second-order valence-electron chi connectivity index (χ2n) is 7.01. The summed E-state index contributed by atoms with van der Waals surface area (Å²) in [4.78, 5) is 0. The van der Waals surface area contributed by atoms with Crippen LogP contribution >= 0.6 is 15.9 Å². The Morgan fingerprint density at radius 3 is 2.25 bits per heavy atom. The molecule has 114 valence electrons. The third-order valence-corrected chi connectivity index (χ3v) is 4.22. The lowest BCUT2D eigenvalue weighted by Gasteiger charge is -2.27. The van der Waals surface area contributed by atoms with Crippen molar-refractivity contribution in [3.8, 4) is 0 Å². The maximum absolute atomic E-state index is 3.67. The van der Waals surface area contributed by atoms with Gasteiger partial charge in [0, 0.05) is 16.6 Å². The molecule has 1 aromatic carbocycles. The van der Waals surface area contributed by atoms with Crippen LogP contribution in [0.5, 0.6) is 0 Å². The highest BCUT2D eigenvalue weighted by Gasteiger charge is 2.18. The molecule has 0 aliphatic heterocycles. The topological polar surface area (TPSA) is 12.0 Å². The average Bonchev–Trinajstić information content (AvgIpc) is 2.35. The SMILES string of the molecule is CCCC(C)CC(CNC(C)(C)C)c1ccc(Br)cc1. The van der Waals surface area contributed by atoms with E-state index in [-0.39, 0.29) is 5.54 Å². The number of hydrogen-bond acceptors (Lipinski definition) is 1. The lowest BCUT2D eigenvalue weighted by molar-refractivity contribution is 0.366. The first-order valence-electron chi connectivity index (χ1n) is 7.82. The van der Waals surface area contributed by atoms with Gasteiger partial charge in [0.2, 0.25) is 0 Å². The summed E-state index contributed by atoms with van der Waals surface area (Å²) in [7, 11) is 0. The monoisotopic (exact) mass is 339 g/mol. The van der Waals surface area contributed by atoms with Crippen LogP contribution in [0.25, 0.3) is 0 Å². The van der Waals surface area contributed by atoms with Gasteiger partial charge in [-0.25, -0.2) is 0 Å². The summed E-state index contributed by atoms with van der Waals surface area (Å²) in [6.07, 6.45) is 3.86. The van der Waals surface area contributed by atoms with Crippen LogP contribution in [-0.2, 0) is 0 Å². The van der Waals surface area contributed by atoms with Crippen molar-refractivity contribution in [3.63, 3.8) is 0 Å². The molecule has 0 aromatic heterocycles. The predicted molar refractivity (Wildman–Crippen MR) is 93.3 cm³/mol. The zero-order valence-corrected chi connectivity index (χ0v) is 15.3. The zero-order chi connectivity index (χ0) is 15.2. The third-order valence-electron chi connectivity index (χ3n) is 3.69.